The van der Waals surface area contributed by atoms with Gasteiger partial charge in [0.1, 0.15) is 17.6 Å². The summed E-state index contributed by atoms with van der Waals surface area (Å²) in [4.78, 5) is 19.5. The van der Waals surface area contributed by atoms with Crippen LogP contribution in [0.3, 0.4) is 0 Å². The predicted molar refractivity (Wildman–Crippen MR) is 85.3 cm³/mol. The number of hydrogen-bond donors (Lipinski definition) is 1. The fourth-order valence-electron chi connectivity index (χ4n) is 2.87. The highest BCUT2D eigenvalue weighted by molar-refractivity contribution is 5.69. The first-order valence-corrected chi connectivity index (χ1v) is 7.46. The van der Waals surface area contributed by atoms with Crippen molar-refractivity contribution in [3.63, 3.8) is 0 Å². The summed E-state index contributed by atoms with van der Waals surface area (Å²) in [7, 11) is 1.87. The van der Waals surface area contributed by atoms with Crippen molar-refractivity contribution >= 4 is 12.2 Å². The second-order valence-electron chi connectivity index (χ2n) is 5.66. The van der Waals surface area contributed by atoms with Gasteiger partial charge in [-0.05, 0) is 56.4 Å². The summed E-state index contributed by atoms with van der Waals surface area (Å²) in [6, 6.07) is 4.00. The lowest BCUT2D eigenvalue weighted by Crippen LogP contribution is -2.21. The van der Waals surface area contributed by atoms with Crippen LogP contribution in [-0.2, 0) is 19.9 Å². The molecular weight excluding hydrogens is 276 g/mol. The van der Waals surface area contributed by atoms with Crippen LogP contribution in [0.1, 0.15) is 46.9 Å². The van der Waals surface area contributed by atoms with E-state index in [-0.39, 0.29) is 5.56 Å². The van der Waals surface area contributed by atoms with Crippen LogP contribution < -0.4 is 5.56 Å². The lowest BCUT2D eigenvalue weighted by Gasteiger charge is -2.13. The number of aromatic amines is 1. The second kappa shape index (κ2) is 5.64. The van der Waals surface area contributed by atoms with Gasteiger partial charge in [0.15, 0.2) is 0 Å². The zero-order chi connectivity index (χ0) is 15.7. The molecule has 22 heavy (non-hydrogen) atoms. The molecule has 0 amide bonds. The van der Waals surface area contributed by atoms with E-state index in [0.29, 0.717) is 11.5 Å². The van der Waals surface area contributed by atoms with Crippen LogP contribution in [0.4, 0.5) is 0 Å². The van der Waals surface area contributed by atoms with Crippen molar-refractivity contribution in [3.8, 4) is 6.07 Å². The molecule has 0 aliphatic heterocycles. The van der Waals surface area contributed by atoms with Gasteiger partial charge in [-0.3, -0.25) is 4.79 Å². The van der Waals surface area contributed by atoms with Crippen LogP contribution in [0.25, 0.3) is 12.2 Å². The molecule has 5 nitrogen and oxygen atoms in total. The van der Waals surface area contributed by atoms with Crippen molar-refractivity contribution in [2.75, 3.05) is 0 Å². The number of aromatic nitrogens is 3. The molecule has 0 fully saturated rings. The Kier molecular flexibility index (Phi) is 3.68. The maximum absolute atomic E-state index is 12.1. The van der Waals surface area contributed by atoms with Crippen LogP contribution in [0.5, 0.6) is 0 Å². The molecule has 112 valence electrons. The molecule has 2 aromatic heterocycles. The number of aryl methyl sites for hydroxylation is 1. The molecule has 1 aliphatic rings. The molecular formula is C17H18N4O. The number of nitriles is 1. The zero-order valence-corrected chi connectivity index (χ0v) is 12.8. The molecule has 0 radical (unpaired) electrons. The van der Waals surface area contributed by atoms with Gasteiger partial charge in [-0.2, -0.15) is 5.26 Å². The maximum Gasteiger partial charge on any atom is 0.254 e. The van der Waals surface area contributed by atoms with E-state index in [9.17, 15) is 4.79 Å². The highest BCUT2D eigenvalue weighted by Gasteiger charge is 2.14. The van der Waals surface area contributed by atoms with Gasteiger partial charge in [0.2, 0.25) is 0 Å². The Hall–Kier alpha value is -2.61. The van der Waals surface area contributed by atoms with E-state index in [1.165, 1.54) is 0 Å². The molecule has 0 saturated heterocycles. The van der Waals surface area contributed by atoms with Gasteiger partial charge < -0.3 is 9.55 Å². The molecule has 2 aromatic rings. The minimum Gasteiger partial charge on any atom is -0.339 e. The van der Waals surface area contributed by atoms with Crippen molar-refractivity contribution in [2.24, 2.45) is 7.05 Å². The van der Waals surface area contributed by atoms with Crippen molar-refractivity contribution in [3.05, 3.63) is 50.5 Å². The third-order valence-corrected chi connectivity index (χ3v) is 4.32. The number of nitrogens with zero attached hydrogens (tertiary/aromatic N) is 3. The Bertz CT molecular complexity index is 849. The van der Waals surface area contributed by atoms with E-state index >= 15 is 0 Å². The Morgan fingerprint density at radius 3 is 2.86 bits per heavy atom. The highest BCUT2D eigenvalue weighted by Crippen LogP contribution is 2.18. The zero-order valence-electron chi connectivity index (χ0n) is 12.8. The number of nitrogens with one attached hydrogen (secondary N) is 1. The van der Waals surface area contributed by atoms with Crippen LogP contribution in [-0.4, -0.2) is 14.5 Å². The van der Waals surface area contributed by atoms with E-state index in [1.807, 2.05) is 30.7 Å². The summed E-state index contributed by atoms with van der Waals surface area (Å²) in [6.45, 7) is 1.96. The maximum atomic E-state index is 12.1. The summed E-state index contributed by atoms with van der Waals surface area (Å²) >= 11 is 0. The van der Waals surface area contributed by atoms with E-state index < -0.39 is 0 Å². The lowest BCUT2D eigenvalue weighted by atomic mass is 9.97. The normalized spacial score (nSPS) is 14.0. The Morgan fingerprint density at radius 1 is 1.36 bits per heavy atom. The largest absolute Gasteiger partial charge is 0.339 e. The molecule has 0 bridgehead atoms. The van der Waals surface area contributed by atoms with Crippen LogP contribution >= 0.6 is 0 Å². The first-order valence-electron chi connectivity index (χ1n) is 7.46. The molecule has 0 aromatic carbocycles. The molecule has 0 unspecified atom stereocenters. The standard InChI is InChI=1S/C17H18N4O/c1-11-12(9-13(10-18)21(11)2)7-8-16-19-15-6-4-3-5-14(15)17(22)20-16/h7-9H,3-6H2,1-2H3,(H,19,20,22)/b8-7+. The fraction of sp³-hybridized carbons (Fsp3) is 0.353. The third kappa shape index (κ3) is 2.48. The van der Waals surface area contributed by atoms with Gasteiger partial charge >= 0.3 is 0 Å². The van der Waals surface area contributed by atoms with Gasteiger partial charge in [-0.15, -0.1) is 0 Å². The second-order valence-corrected chi connectivity index (χ2v) is 5.66. The number of hydrogen-bond acceptors (Lipinski definition) is 3. The molecule has 3 rings (SSSR count). The van der Waals surface area contributed by atoms with E-state index in [2.05, 4.69) is 16.0 Å². The van der Waals surface area contributed by atoms with Crippen LogP contribution in [0.15, 0.2) is 10.9 Å². The average molecular weight is 294 g/mol. The van der Waals surface area contributed by atoms with Crippen molar-refractivity contribution in [1.82, 2.24) is 14.5 Å². The van der Waals surface area contributed by atoms with Crippen LogP contribution in [0.2, 0.25) is 0 Å². The molecule has 5 heteroatoms. The third-order valence-electron chi connectivity index (χ3n) is 4.32. The molecule has 0 saturated carbocycles. The van der Waals surface area contributed by atoms with E-state index in [1.54, 1.807) is 6.08 Å². The fourth-order valence-corrected chi connectivity index (χ4v) is 2.87. The summed E-state index contributed by atoms with van der Waals surface area (Å²) in [5, 5.41) is 9.06. The highest BCUT2D eigenvalue weighted by atomic mass is 16.1. The first-order chi connectivity index (χ1) is 10.6. The summed E-state index contributed by atoms with van der Waals surface area (Å²) in [6.07, 6.45) is 7.56. The monoisotopic (exact) mass is 294 g/mol. The number of fused-ring (bicyclic) bond motifs is 1. The van der Waals surface area contributed by atoms with Gasteiger partial charge in [0, 0.05) is 18.3 Å². The van der Waals surface area contributed by atoms with E-state index in [4.69, 9.17) is 5.26 Å². The van der Waals surface area contributed by atoms with Gasteiger partial charge in [0.25, 0.3) is 5.56 Å². The van der Waals surface area contributed by atoms with Gasteiger partial charge in [-0.1, -0.05) is 0 Å². The Balaban J connectivity index is 1.95. The SMILES string of the molecule is Cc1c(/C=C/c2nc3c(c(=O)[nH]2)CCCC3)cc(C#N)n1C. The average Bonchev–Trinajstić information content (AvgIpc) is 2.80. The van der Waals surface area contributed by atoms with Crippen molar-refractivity contribution in [1.29, 1.82) is 5.26 Å². The quantitative estimate of drug-likeness (QED) is 0.923. The number of rotatable bonds is 2. The van der Waals surface area contributed by atoms with E-state index in [0.717, 1.165) is 48.2 Å². The molecule has 1 N–H and O–H groups in total. The molecule has 0 atom stereocenters. The smallest absolute Gasteiger partial charge is 0.254 e. The topological polar surface area (TPSA) is 74.5 Å². The Morgan fingerprint density at radius 2 is 2.14 bits per heavy atom. The van der Waals surface area contributed by atoms with Crippen LogP contribution in [0, 0.1) is 18.3 Å². The van der Waals surface area contributed by atoms with Gasteiger partial charge in [-0.25, -0.2) is 4.98 Å². The van der Waals surface area contributed by atoms with Crippen molar-refractivity contribution < 1.29 is 0 Å². The first kappa shape index (κ1) is 14.3. The summed E-state index contributed by atoms with van der Waals surface area (Å²) in [5.41, 5.74) is 4.33. The van der Waals surface area contributed by atoms with Crippen molar-refractivity contribution in [2.45, 2.75) is 32.6 Å². The van der Waals surface area contributed by atoms with Gasteiger partial charge in [0.05, 0.1) is 5.69 Å². The summed E-state index contributed by atoms with van der Waals surface area (Å²) in [5.74, 6) is 0.576. The predicted octanol–water partition coefficient (Wildman–Crippen LogP) is 2.34. The minimum absolute atomic E-state index is 0.0214. The number of H-pyrrole nitrogens is 1. The molecule has 2 heterocycles. The lowest BCUT2D eigenvalue weighted by molar-refractivity contribution is 0.655. The molecule has 0 spiro atoms. The molecule has 1 aliphatic carbocycles. The minimum atomic E-state index is -0.0214. The summed E-state index contributed by atoms with van der Waals surface area (Å²) < 4.78 is 1.85. The Labute approximate surface area is 128 Å².